The maximum absolute atomic E-state index is 16.6. The molecular weight excluding hydrogens is 765 g/mol. The number of alkyl halides is 2. The first-order chi connectivity index (χ1) is 26.5. The Morgan fingerprint density at radius 2 is 1.79 bits per heavy atom. The van der Waals surface area contributed by atoms with E-state index in [2.05, 4.69) is 31.1 Å². The number of carbonyl (C=O) groups excluding carboxylic acids is 1. The zero-order chi connectivity index (χ0) is 40.8. The standard InChI is InChI=1S/C40H55F2N3O9SSi/c1-24(2)50-23-34-36(54-56(48,26(5)6)28(8)18-27(7)55-25(3)4)40(41,42)38(53-34)45-17-16-35(44-39(45)47)43-37(46)30-14-15-32-33(19-30)52-31(22-51-32)21-49-20-29-12-10-9-11-13-29/h9-17,19,24-28,31,34,36,38,48H,18,20-23H2,1-8H3,(H,43,44,46,47)/t27?,28?,31?,34-,36-,38?,56?/m1/s1. The van der Waals surface area contributed by atoms with E-state index in [0.29, 0.717) is 34.3 Å². The summed E-state index contributed by atoms with van der Waals surface area (Å²) in [6.07, 6.45) is -4.36. The van der Waals surface area contributed by atoms with Gasteiger partial charge in [-0.15, -0.1) is 0 Å². The zero-order valence-electron chi connectivity index (χ0n) is 33.3. The minimum absolute atomic E-state index is 0.157. The van der Waals surface area contributed by atoms with Gasteiger partial charge in [0.15, 0.2) is 17.6 Å². The molecule has 0 bridgehead atoms. The van der Waals surface area contributed by atoms with Gasteiger partial charge in [0.2, 0.25) is 6.23 Å². The van der Waals surface area contributed by atoms with Gasteiger partial charge in [-0.05, 0) is 60.9 Å². The average molecular weight is 820 g/mol. The summed E-state index contributed by atoms with van der Waals surface area (Å²) in [5, 5.41) is 3.09. The molecule has 7 atom stereocenters. The molecule has 2 aliphatic heterocycles. The molecular formula is C40H55F2N3O9SSi. The molecule has 2 aliphatic rings. The molecule has 1 saturated heterocycles. The van der Waals surface area contributed by atoms with E-state index >= 15 is 8.78 Å². The Labute approximate surface area is 332 Å². The number of thioether (sulfide) groups is 1. The highest BCUT2D eigenvalue weighted by Crippen LogP contribution is 2.48. The zero-order valence-corrected chi connectivity index (χ0v) is 35.1. The van der Waals surface area contributed by atoms with Gasteiger partial charge in [-0.3, -0.25) is 9.36 Å². The molecule has 2 aromatic carbocycles. The van der Waals surface area contributed by atoms with E-state index in [-0.39, 0.29) is 48.1 Å². The van der Waals surface area contributed by atoms with Crippen LogP contribution in [0.3, 0.4) is 0 Å². The van der Waals surface area contributed by atoms with Gasteiger partial charge in [-0.2, -0.15) is 25.5 Å². The molecule has 5 unspecified atom stereocenters. The van der Waals surface area contributed by atoms with E-state index in [1.807, 2.05) is 37.3 Å². The first kappa shape index (κ1) is 43.7. The van der Waals surface area contributed by atoms with E-state index in [9.17, 15) is 14.4 Å². The SMILES string of the molecule is CC(C)OC[C@H]1OC(n2ccc(NC(=O)c3ccc4c(c3)OC(COCc3ccccc3)CO4)nc2=O)C(F)(F)[C@@H]1O[Si](O)(C(C)C)C(C)CC(C)SC(C)C. The molecule has 1 amide bonds. The maximum Gasteiger partial charge on any atom is 0.351 e. The number of fused-ring (bicyclic) bond motifs is 1. The Kier molecular flexibility index (Phi) is 14.8. The van der Waals surface area contributed by atoms with Gasteiger partial charge in [0.25, 0.3) is 5.91 Å². The molecule has 2 N–H and O–H groups in total. The highest BCUT2D eigenvalue weighted by molar-refractivity contribution is 8.00. The molecule has 16 heteroatoms. The molecule has 12 nitrogen and oxygen atoms in total. The molecule has 5 rings (SSSR count). The van der Waals surface area contributed by atoms with Gasteiger partial charge in [0, 0.05) is 22.6 Å². The summed E-state index contributed by atoms with van der Waals surface area (Å²) in [5.74, 6) is -3.73. The number of ether oxygens (including phenoxy) is 5. The van der Waals surface area contributed by atoms with Crippen molar-refractivity contribution in [2.75, 3.05) is 25.1 Å². The molecule has 0 saturated carbocycles. The summed E-state index contributed by atoms with van der Waals surface area (Å²) in [6, 6.07) is 15.6. The topological polar surface area (TPSA) is 140 Å². The van der Waals surface area contributed by atoms with Gasteiger partial charge >= 0.3 is 20.2 Å². The average Bonchev–Trinajstić information content (AvgIpc) is 3.38. The Morgan fingerprint density at radius 3 is 2.45 bits per heavy atom. The number of carbonyl (C=O) groups is 1. The lowest BCUT2D eigenvalue weighted by Gasteiger charge is -2.39. The van der Waals surface area contributed by atoms with Crippen LogP contribution in [0.5, 0.6) is 11.5 Å². The number of hydrogen-bond donors (Lipinski definition) is 2. The summed E-state index contributed by atoms with van der Waals surface area (Å²) in [4.78, 5) is 42.6. The quantitative estimate of drug-likeness (QED) is 0.125. The molecule has 3 heterocycles. The van der Waals surface area contributed by atoms with E-state index < -0.39 is 56.2 Å². The Balaban J connectivity index is 1.28. The lowest BCUT2D eigenvalue weighted by Crippen LogP contribution is -2.55. The van der Waals surface area contributed by atoms with E-state index in [0.717, 1.165) is 11.8 Å². The van der Waals surface area contributed by atoms with Gasteiger partial charge in [0.05, 0.1) is 25.9 Å². The number of hydrogen-bond acceptors (Lipinski definition) is 11. The minimum atomic E-state index is -3.83. The number of halogens is 2. The van der Waals surface area contributed by atoms with E-state index in [4.69, 9.17) is 28.1 Å². The third kappa shape index (κ3) is 10.8. The van der Waals surface area contributed by atoms with E-state index in [1.54, 1.807) is 45.5 Å². The summed E-state index contributed by atoms with van der Waals surface area (Å²) >= 11 is 1.75. The van der Waals surface area contributed by atoms with Gasteiger partial charge in [-0.25, -0.2) is 4.79 Å². The predicted molar refractivity (Wildman–Crippen MR) is 213 cm³/mol. The van der Waals surface area contributed by atoms with Crippen molar-refractivity contribution in [2.24, 2.45) is 0 Å². The fourth-order valence-corrected chi connectivity index (χ4v) is 11.4. The number of rotatable bonds is 18. The number of benzene rings is 2. The van der Waals surface area contributed by atoms with Crippen LogP contribution < -0.4 is 20.5 Å². The fraction of sp³-hybridized carbons (Fsp3) is 0.575. The molecule has 1 aromatic heterocycles. The van der Waals surface area contributed by atoms with Crippen molar-refractivity contribution >= 4 is 32.0 Å². The second-order valence-corrected chi connectivity index (χ2v) is 21.2. The number of nitrogens with zero attached hydrogens (tertiary/aromatic N) is 2. The van der Waals surface area contributed by atoms with Gasteiger partial charge in [-0.1, -0.05) is 71.9 Å². The second-order valence-electron chi connectivity index (χ2n) is 15.3. The summed E-state index contributed by atoms with van der Waals surface area (Å²) < 4.78 is 69.2. The van der Waals surface area contributed by atoms with Crippen LogP contribution in [0.15, 0.2) is 65.6 Å². The highest BCUT2D eigenvalue weighted by Gasteiger charge is 2.64. The number of aromatic nitrogens is 2. The highest BCUT2D eigenvalue weighted by atomic mass is 32.2. The first-order valence-corrected chi connectivity index (χ1v) is 22.1. The van der Waals surface area contributed by atoms with Crippen molar-refractivity contribution < 1.29 is 46.5 Å². The number of nitrogens with one attached hydrogen (secondary N) is 1. The van der Waals surface area contributed by atoms with Crippen LogP contribution in [0.4, 0.5) is 14.6 Å². The van der Waals surface area contributed by atoms with Crippen LogP contribution in [0.25, 0.3) is 0 Å². The van der Waals surface area contributed by atoms with Crippen molar-refractivity contribution in [3.05, 3.63) is 82.4 Å². The third-order valence-electron chi connectivity index (χ3n) is 9.65. The molecule has 0 aliphatic carbocycles. The molecule has 56 heavy (non-hydrogen) atoms. The van der Waals surface area contributed by atoms with Gasteiger partial charge in [0.1, 0.15) is 24.6 Å². The molecule has 3 aromatic rings. The monoisotopic (exact) mass is 819 g/mol. The Hall–Kier alpha value is -3.38. The molecule has 0 spiro atoms. The molecule has 1 fully saturated rings. The molecule has 308 valence electrons. The molecule has 0 radical (unpaired) electrons. The van der Waals surface area contributed by atoms with Crippen molar-refractivity contribution in [3.8, 4) is 11.5 Å². The Morgan fingerprint density at radius 1 is 1.05 bits per heavy atom. The normalized spacial score (nSPS) is 22.6. The lowest BCUT2D eigenvalue weighted by atomic mass is 10.1. The Bertz CT molecular complexity index is 1820. The number of anilines is 1. The van der Waals surface area contributed by atoms with E-state index in [1.165, 1.54) is 18.2 Å². The third-order valence-corrected chi connectivity index (χ3v) is 14.8. The minimum Gasteiger partial charge on any atom is -0.486 e. The second kappa shape index (κ2) is 18.9. The fourth-order valence-electron chi connectivity index (χ4n) is 6.82. The van der Waals surface area contributed by atoms with Crippen LogP contribution in [0, 0.1) is 0 Å². The van der Waals surface area contributed by atoms with Crippen LogP contribution in [-0.2, 0) is 25.2 Å². The van der Waals surface area contributed by atoms with Crippen LogP contribution in [0.1, 0.15) is 84.0 Å². The van der Waals surface area contributed by atoms with Crippen molar-refractivity contribution in [3.63, 3.8) is 0 Å². The number of amides is 1. The van der Waals surface area contributed by atoms with Crippen LogP contribution in [-0.4, -0.2) is 89.5 Å². The predicted octanol–water partition coefficient (Wildman–Crippen LogP) is 7.35. The summed E-state index contributed by atoms with van der Waals surface area (Å²) in [7, 11) is -3.83. The van der Waals surface area contributed by atoms with Crippen molar-refractivity contribution in [2.45, 2.75) is 127 Å². The maximum atomic E-state index is 16.6. The summed E-state index contributed by atoms with van der Waals surface area (Å²) in [6.45, 7) is 15.9. The smallest absolute Gasteiger partial charge is 0.351 e. The first-order valence-electron chi connectivity index (χ1n) is 19.1. The van der Waals surface area contributed by atoms with Crippen LogP contribution >= 0.6 is 11.8 Å². The summed E-state index contributed by atoms with van der Waals surface area (Å²) in [5.41, 5.74) is -0.669. The van der Waals surface area contributed by atoms with Crippen molar-refractivity contribution in [1.82, 2.24) is 9.55 Å². The largest absolute Gasteiger partial charge is 0.486 e. The van der Waals surface area contributed by atoms with Crippen molar-refractivity contribution in [1.29, 1.82) is 0 Å². The van der Waals surface area contributed by atoms with Crippen LogP contribution in [0.2, 0.25) is 11.1 Å². The lowest BCUT2D eigenvalue weighted by molar-refractivity contribution is -0.141. The van der Waals surface area contributed by atoms with Gasteiger partial charge < -0.3 is 38.2 Å².